The van der Waals surface area contributed by atoms with Crippen LogP contribution in [0, 0.1) is 0 Å². The molecule has 0 radical (unpaired) electrons. The van der Waals surface area contributed by atoms with Gasteiger partial charge in [0.15, 0.2) is 8.32 Å². The second kappa shape index (κ2) is 8.84. The minimum Gasteiger partial charge on any atom is -0.414 e. The first kappa shape index (κ1) is 18.4. The summed E-state index contributed by atoms with van der Waals surface area (Å²) in [6.07, 6.45) is -1.89. The summed E-state index contributed by atoms with van der Waals surface area (Å²) >= 11 is 0. The van der Waals surface area contributed by atoms with Gasteiger partial charge >= 0.3 is 8.25 Å². The minimum absolute atomic E-state index is 0.0468. The molecule has 2 aliphatic rings. The molecule has 25 heavy (non-hydrogen) atoms. The highest BCUT2D eigenvalue weighted by Crippen LogP contribution is 2.39. The molecule has 0 saturated carbocycles. The van der Waals surface area contributed by atoms with Crippen molar-refractivity contribution in [3.8, 4) is 0 Å². The molecule has 146 valence electrons. The average Bonchev–Trinajstić information content (AvgIpc) is 3.06. The second-order valence-electron chi connectivity index (χ2n) is 7.92. The third kappa shape index (κ3) is 5.78. The van der Waals surface area contributed by atoms with Crippen LogP contribution in [0.5, 0.6) is 0 Å². The zero-order valence-corrected chi connectivity index (χ0v) is 17.5. The van der Waals surface area contributed by atoms with Crippen molar-refractivity contribution in [2.75, 3.05) is 26.4 Å². The third-order valence-electron chi connectivity index (χ3n) is 5.07. The van der Waals surface area contributed by atoms with Crippen LogP contribution in [0.2, 0.25) is 18.1 Å². The Morgan fingerprint density at radius 1 is 1.16 bits per heavy atom. The standard InChI is InChI=1S/C16H32O7PSi/c1-16(2,3)25(4,5)21-11-15-13(7-9-20-15)23-24(18)22-12-6-8-19-14(12)10-17/h12-15,17H,6-11H2,1-5H3/q+1/t12-,13?,14-,15-/m1/s1/i8T,9T/t8-,9-,12+,13?,14+,15+/m0. The van der Waals surface area contributed by atoms with Gasteiger partial charge in [-0.1, -0.05) is 20.8 Å². The van der Waals surface area contributed by atoms with Gasteiger partial charge in [0.2, 0.25) is 0 Å². The van der Waals surface area contributed by atoms with E-state index in [4.69, 9.17) is 25.7 Å². The van der Waals surface area contributed by atoms with Crippen LogP contribution in [0.4, 0.5) is 0 Å². The fraction of sp³-hybridized carbons (Fsp3) is 1.00. The van der Waals surface area contributed by atoms with E-state index in [9.17, 15) is 9.67 Å². The van der Waals surface area contributed by atoms with Crippen molar-refractivity contribution in [1.29, 1.82) is 0 Å². The molecule has 2 aliphatic heterocycles. The number of rotatable bonds is 8. The van der Waals surface area contributed by atoms with Crippen molar-refractivity contribution in [1.82, 2.24) is 0 Å². The summed E-state index contributed by atoms with van der Waals surface area (Å²) < 4.78 is 55.5. The number of aliphatic hydroxyl groups excluding tert-OH is 1. The molecule has 9 heteroatoms. The van der Waals surface area contributed by atoms with Gasteiger partial charge in [0.1, 0.15) is 24.4 Å². The van der Waals surface area contributed by atoms with Crippen molar-refractivity contribution >= 4 is 16.6 Å². The molecule has 0 aromatic carbocycles. The minimum atomic E-state index is -2.49. The van der Waals surface area contributed by atoms with Gasteiger partial charge in [0.25, 0.3) is 0 Å². The van der Waals surface area contributed by atoms with Gasteiger partial charge in [-0.2, -0.15) is 0 Å². The predicted molar refractivity (Wildman–Crippen MR) is 96.3 cm³/mol. The molecule has 0 aromatic rings. The van der Waals surface area contributed by atoms with E-state index in [1.807, 2.05) is 0 Å². The summed E-state index contributed by atoms with van der Waals surface area (Å²) in [5.74, 6) is 0. The van der Waals surface area contributed by atoms with Crippen LogP contribution in [0.1, 0.15) is 36.4 Å². The molecule has 1 N–H and O–H groups in total. The van der Waals surface area contributed by atoms with Crippen molar-refractivity contribution in [2.45, 2.75) is 76.2 Å². The Hall–Kier alpha value is 0.0769. The Kier molecular flexibility index (Phi) is 6.52. The van der Waals surface area contributed by atoms with Crippen LogP contribution in [-0.4, -0.2) is 64.2 Å². The zero-order chi connectivity index (χ0) is 20.4. The molecule has 0 aliphatic carbocycles. The molecule has 2 unspecified atom stereocenters. The fourth-order valence-electron chi connectivity index (χ4n) is 2.31. The Balaban J connectivity index is 1.89. The number of hydrogen-bond donors (Lipinski definition) is 1. The second-order valence-corrected chi connectivity index (χ2v) is 13.6. The first-order valence-corrected chi connectivity index (χ1v) is 12.6. The lowest BCUT2D eigenvalue weighted by Crippen LogP contribution is -2.44. The van der Waals surface area contributed by atoms with Gasteiger partial charge in [0.05, 0.1) is 16.0 Å². The Morgan fingerprint density at radius 3 is 2.20 bits per heavy atom. The summed E-state index contributed by atoms with van der Waals surface area (Å²) in [6.45, 7) is 9.08. The number of aliphatic hydroxyl groups is 1. The van der Waals surface area contributed by atoms with E-state index in [2.05, 4.69) is 33.9 Å². The van der Waals surface area contributed by atoms with Crippen molar-refractivity contribution in [3.63, 3.8) is 0 Å². The molecule has 7 nitrogen and oxygen atoms in total. The highest BCUT2D eigenvalue weighted by Gasteiger charge is 2.44. The van der Waals surface area contributed by atoms with Crippen LogP contribution in [-0.2, 0) is 27.5 Å². The molecular weight excluding hydrogens is 363 g/mol. The normalized spacial score (nSPS) is 38.6. The maximum absolute atomic E-state index is 12.3. The van der Waals surface area contributed by atoms with E-state index in [-0.39, 0.29) is 31.1 Å². The Labute approximate surface area is 155 Å². The number of ether oxygens (including phenoxy) is 2. The topological polar surface area (TPSA) is 83.5 Å². The van der Waals surface area contributed by atoms with Crippen LogP contribution in [0.3, 0.4) is 0 Å². The van der Waals surface area contributed by atoms with E-state index in [0.717, 1.165) is 0 Å². The summed E-state index contributed by atoms with van der Waals surface area (Å²) in [4.78, 5) is 0. The average molecular weight is 400 g/mol. The molecule has 0 bridgehead atoms. The lowest BCUT2D eigenvalue weighted by Gasteiger charge is -2.37. The van der Waals surface area contributed by atoms with Gasteiger partial charge in [0, 0.05) is 30.6 Å². The number of hydrogen-bond acceptors (Lipinski definition) is 7. The van der Waals surface area contributed by atoms with Crippen LogP contribution < -0.4 is 0 Å². The van der Waals surface area contributed by atoms with Crippen LogP contribution in [0.25, 0.3) is 0 Å². The van der Waals surface area contributed by atoms with Gasteiger partial charge in [-0.05, 0) is 18.1 Å². The van der Waals surface area contributed by atoms with Crippen molar-refractivity contribution in [2.24, 2.45) is 0 Å². The SMILES string of the molecule is [3H][C@H]1CC(O[P+](=O)O[C@@H]2C[C@H]([3H])O[C@@H]2CO)[C@@H](CO[Si](C)(C)C(C)(C)C)O1. The van der Waals surface area contributed by atoms with E-state index < -0.39 is 54.2 Å². The molecule has 0 amide bonds. The van der Waals surface area contributed by atoms with E-state index in [1.54, 1.807) is 0 Å². The van der Waals surface area contributed by atoms with Crippen LogP contribution in [0.15, 0.2) is 0 Å². The monoisotopic (exact) mass is 399 g/mol. The van der Waals surface area contributed by atoms with E-state index in [1.165, 1.54) is 0 Å². The first-order valence-electron chi connectivity index (χ1n) is 9.79. The lowest BCUT2D eigenvalue weighted by molar-refractivity contribution is -0.00477. The zero-order valence-electron chi connectivity index (χ0n) is 17.6. The maximum Gasteiger partial charge on any atom is 0.698 e. The Morgan fingerprint density at radius 2 is 1.68 bits per heavy atom. The highest BCUT2D eigenvalue weighted by molar-refractivity contribution is 7.33. The van der Waals surface area contributed by atoms with Gasteiger partial charge in [-0.15, -0.1) is 9.05 Å². The van der Waals surface area contributed by atoms with E-state index in [0.29, 0.717) is 0 Å². The van der Waals surface area contributed by atoms with Gasteiger partial charge in [-0.25, -0.2) is 0 Å². The molecule has 2 rings (SSSR count). The fourth-order valence-corrected chi connectivity index (χ4v) is 4.26. The summed E-state index contributed by atoms with van der Waals surface area (Å²) in [7, 11) is -4.47. The molecule has 0 spiro atoms. The van der Waals surface area contributed by atoms with Gasteiger partial charge < -0.3 is 19.0 Å². The molecule has 2 heterocycles. The smallest absolute Gasteiger partial charge is 0.414 e. The summed E-state index contributed by atoms with van der Waals surface area (Å²) in [5, 5.41) is 9.31. The molecule has 2 fully saturated rings. The Bertz CT molecular complexity index is 519. The van der Waals surface area contributed by atoms with Gasteiger partial charge in [-0.3, -0.25) is 0 Å². The predicted octanol–water partition coefficient (Wildman–Crippen LogP) is 3.01. The largest absolute Gasteiger partial charge is 0.698 e. The first-order chi connectivity index (χ1) is 12.4. The highest BCUT2D eigenvalue weighted by atomic mass is 31.1. The molecular formula is C16H32O7PSi+. The van der Waals surface area contributed by atoms with Crippen molar-refractivity contribution in [3.05, 3.63) is 0 Å². The summed E-state index contributed by atoms with van der Waals surface area (Å²) in [6, 6.07) is 0. The lowest BCUT2D eigenvalue weighted by atomic mass is 10.2. The summed E-state index contributed by atoms with van der Waals surface area (Å²) in [5.41, 5.74) is 0. The van der Waals surface area contributed by atoms with Crippen molar-refractivity contribution < 1.29 is 35.4 Å². The molecule has 7 atom stereocenters. The maximum atomic E-state index is 12.3. The van der Waals surface area contributed by atoms with Crippen LogP contribution >= 0.6 is 8.25 Å². The third-order valence-corrected chi connectivity index (χ3v) is 10.5. The quantitative estimate of drug-likeness (QED) is 0.496. The van der Waals surface area contributed by atoms with E-state index >= 15 is 0 Å². The molecule has 2 saturated heterocycles. The molecule has 0 aromatic heterocycles.